The van der Waals surface area contributed by atoms with E-state index in [0.29, 0.717) is 11.1 Å². The van der Waals surface area contributed by atoms with Gasteiger partial charge in [0.15, 0.2) is 5.70 Å². The highest BCUT2D eigenvalue weighted by atomic mass is 35.5. The minimum absolute atomic E-state index is 0.168. The monoisotopic (exact) mass is 411 g/mol. The van der Waals surface area contributed by atoms with Crippen molar-refractivity contribution in [3.8, 4) is 17.8 Å². The summed E-state index contributed by atoms with van der Waals surface area (Å²) in [5.74, 6) is 0. The summed E-state index contributed by atoms with van der Waals surface area (Å²) in [5.41, 5.74) is 5.20. The Kier molecular flexibility index (Phi) is 5.85. The fourth-order valence-electron chi connectivity index (χ4n) is 2.16. The van der Waals surface area contributed by atoms with Crippen molar-refractivity contribution >= 4 is 29.4 Å². The molecule has 0 fully saturated rings. The van der Waals surface area contributed by atoms with Gasteiger partial charge in [-0.3, -0.25) is 0 Å². The van der Waals surface area contributed by atoms with Crippen LogP contribution in [0.15, 0.2) is 40.9 Å². The number of halogens is 5. The molecule has 5 nitrogen and oxygen atoms in total. The van der Waals surface area contributed by atoms with Gasteiger partial charge in [0.1, 0.15) is 17.8 Å². The summed E-state index contributed by atoms with van der Waals surface area (Å²) in [5, 5.41) is 17.3. The van der Waals surface area contributed by atoms with Crippen LogP contribution in [0.2, 0.25) is 10.0 Å². The SMILES string of the molecule is Cc1cn(-c2c(Cl)cc(C(F)(F)F)cc2Cl)cc1C=N/C(C#N)=C(\N)C#N. The zero-order valence-electron chi connectivity index (χ0n) is 13.6. The number of aromatic nitrogens is 1. The van der Waals surface area contributed by atoms with E-state index < -0.39 is 11.7 Å². The topological polar surface area (TPSA) is 90.9 Å². The number of alkyl halides is 3. The second-order valence-corrected chi connectivity index (χ2v) is 6.15. The van der Waals surface area contributed by atoms with Crippen LogP contribution in [0.25, 0.3) is 5.69 Å². The molecule has 0 radical (unpaired) electrons. The maximum Gasteiger partial charge on any atom is 0.416 e. The van der Waals surface area contributed by atoms with Crippen molar-refractivity contribution in [2.75, 3.05) is 0 Å². The smallest absolute Gasteiger partial charge is 0.388 e. The number of rotatable bonds is 3. The van der Waals surface area contributed by atoms with Crippen LogP contribution >= 0.6 is 23.2 Å². The third-order valence-corrected chi connectivity index (χ3v) is 4.06. The van der Waals surface area contributed by atoms with E-state index in [2.05, 4.69) is 4.99 Å². The molecule has 2 aromatic rings. The maximum absolute atomic E-state index is 12.8. The lowest BCUT2D eigenvalue weighted by Gasteiger charge is -2.13. The van der Waals surface area contributed by atoms with Gasteiger partial charge in [0.2, 0.25) is 0 Å². The molecule has 0 aliphatic heterocycles. The first-order chi connectivity index (χ1) is 12.6. The van der Waals surface area contributed by atoms with Gasteiger partial charge in [-0.25, -0.2) is 4.99 Å². The van der Waals surface area contributed by atoms with Crippen molar-refractivity contribution in [3.05, 3.63) is 62.7 Å². The number of aliphatic imine (C=N–C) groups is 1. The van der Waals surface area contributed by atoms with Crippen LogP contribution in [0.4, 0.5) is 13.2 Å². The molecule has 0 spiro atoms. The van der Waals surface area contributed by atoms with Crippen molar-refractivity contribution < 1.29 is 13.2 Å². The summed E-state index contributed by atoms with van der Waals surface area (Å²) >= 11 is 12.0. The second-order valence-electron chi connectivity index (χ2n) is 5.33. The van der Waals surface area contributed by atoms with Crippen LogP contribution in [-0.2, 0) is 6.18 Å². The number of hydrogen-bond acceptors (Lipinski definition) is 4. The molecule has 10 heteroatoms. The Balaban J connectivity index is 2.49. The molecule has 0 aliphatic carbocycles. The Morgan fingerprint density at radius 1 is 1.19 bits per heavy atom. The summed E-state index contributed by atoms with van der Waals surface area (Å²) in [6, 6.07) is 4.89. The van der Waals surface area contributed by atoms with Crippen LogP contribution in [0.3, 0.4) is 0 Å². The highest BCUT2D eigenvalue weighted by molar-refractivity contribution is 6.37. The van der Waals surface area contributed by atoms with E-state index in [9.17, 15) is 13.2 Å². The summed E-state index contributed by atoms with van der Waals surface area (Å²) < 4.78 is 40.0. The first-order valence-corrected chi connectivity index (χ1v) is 7.93. The van der Waals surface area contributed by atoms with Crippen LogP contribution in [-0.4, -0.2) is 10.8 Å². The molecular formula is C17H10Cl2F3N5. The lowest BCUT2D eigenvalue weighted by Crippen LogP contribution is -2.06. The summed E-state index contributed by atoms with van der Waals surface area (Å²) in [4.78, 5) is 3.86. The van der Waals surface area contributed by atoms with E-state index in [1.54, 1.807) is 25.3 Å². The van der Waals surface area contributed by atoms with Crippen molar-refractivity contribution in [1.29, 1.82) is 10.5 Å². The van der Waals surface area contributed by atoms with E-state index in [4.69, 9.17) is 39.5 Å². The molecule has 2 rings (SSSR count). The number of allylic oxidation sites excluding steroid dienone is 2. The number of nitriles is 2. The molecule has 0 aliphatic rings. The Bertz CT molecular complexity index is 1010. The van der Waals surface area contributed by atoms with Crippen molar-refractivity contribution in [3.63, 3.8) is 0 Å². The molecule has 1 aromatic heterocycles. The Hall–Kier alpha value is -2.94. The van der Waals surface area contributed by atoms with Crippen LogP contribution < -0.4 is 5.73 Å². The van der Waals surface area contributed by atoms with Gasteiger partial charge in [-0.15, -0.1) is 0 Å². The fraction of sp³-hybridized carbons (Fsp3) is 0.118. The van der Waals surface area contributed by atoms with Crippen molar-refractivity contribution in [2.45, 2.75) is 13.1 Å². The molecule has 0 bridgehead atoms. The van der Waals surface area contributed by atoms with Crippen LogP contribution in [0.5, 0.6) is 0 Å². The zero-order valence-corrected chi connectivity index (χ0v) is 15.2. The molecule has 1 heterocycles. The third-order valence-electron chi connectivity index (χ3n) is 3.48. The van der Waals surface area contributed by atoms with Crippen molar-refractivity contribution in [2.24, 2.45) is 10.7 Å². The Morgan fingerprint density at radius 3 is 2.26 bits per heavy atom. The molecule has 138 valence electrons. The third kappa shape index (κ3) is 4.43. The van der Waals surface area contributed by atoms with Gasteiger partial charge in [0, 0.05) is 24.2 Å². The van der Waals surface area contributed by atoms with E-state index in [-0.39, 0.29) is 27.1 Å². The minimum Gasteiger partial charge on any atom is -0.388 e. The average molecular weight is 412 g/mol. The van der Waals surface area contributed by atoms with Gasteiger partial charge < -0.3 is 10.3 Å². The average Bonchev–Trinajstić information content (AvgIpc) is 2.94. The number of benzene rings is 1. The van der Waals surface area contributed by atoms with Gasteiger partial charge in [0.25, 0.3) is 0 Å². The highest BCUT2D eigenvalue weighted by Gasteiger charge is 2.32. The quantitative estimate of drug-likeness (QED) is 0.583. The predicted molar refractivity (Wildman–Crippen MR) is 95.6 cm³/mol. The number of nitrogens with two attached hydrogens (primary N) is 1. The fourth-order valence-corrected chi connectivity index (χ4v) is 2.84. The molecule has 0 atom stereocenters. The van der Waals surface area contributed by atoms with Gasteiger partial charge >= 0.3 is 6.18 Å². The van der Waals surface area contributed by atoms with Crippen LogP contribution in [0.1, 0.15) is 16.7 Å². The van der Waals surface area contributed by atoms with Gasteiger partial charge in [-0.2, -0.15) is 23.7 Å². The highest BCUT2D eigenvalue weighted by Crippen LogP contribution is 2.37. The van der Waals surface area contributed by atoms with E-state index in [1.807, 2.05) is 0 Å². The first kappa shape index (κ1) is 20.4. The minimum atomic E-state index is -4.57. The molecule has 0 unspecified atom stereocenters. The predicted octanol–water partition coefficient (Wildman–Crippen LogP) is 4.75. The summed E-state index contributed by atoms with van der Waals surface area (Å²) in [6.07, 6.45) is -0.153. The molecule has 0 saturated heterocycles. The lowest BCUT2D eigenvalue weighted by molar-refractivity contribution is -0.137. The molecule has 27 heavy (non-hydrogen) atoms. The molecular weight excluding hydrogens is 402 g/mol. The van der Waals surface area contributed by atoms with Crippen LogP contribution in [0, 0.1) is 29.6 Å². The molecule has 1 aromatic carbocycles. The zero-order chi connectivity index (χ0) is 20.4. The molecule has 0 saturated carbocycles. The number of hydrogen-bond donors (Lipinski definition) is 1. The molecule has 2 N–H and O–H groups in total. The maximum atomic E-state index is 12.8. The number of aryl methyl sites for hydroxylation is 1. The Labute approximate surface area is 162 Å². The molecule has 0 amide bonds. The first-order valence-electron chi connectivity index (χ1n) is 7.17. The van der Waals surface area contributed by atoms with E-state index in [0.717, 1.165) is 12.1 Å². The van der Waals surface area contributed by atoms with Gasteiger partial charge in [0.05, 0.1) is 21.3 Å². The summed E-state index contributed by atoms with van der Waals surface area (Å²) in [7, 11) is 0. The Morgan fingerprint density at radius 2 is 1.78 bits per heavy atom. The summed E-state index contributed by atoms with van der Waals surface area (Å²) in [6.45, 7) is 1.72. The van der Waals surface area contributed by atoms with E-state index in [1.165, 1.54) is 17.0 Å². The second kappa shape index (κ2) is 7.75. The normalized spacial score (nSPS) is 12.6. The van der Waals surface area contributed by atoms with E-state index >= 15 is 0 Å². The van der Waals surface area contributed by atoms with Gasteiger partial charge in [-0.1, -0.05) is 23.2 Å². The van der Waals surface area contributed by atoms with Crippen molar-refractivity contribution in [1.82, 2.24) is 4.57 Å². The largest absolute Gasteiger partial charge is 0.416 e. The lowest BCUT2D eigenvalue weighted by atomic mass is 10.2. The van der Waals surface area contributed by atoms with Gasteiger partial charge in [-0.05, 0) is 24.6 Å². The number of nitrogens with zero attached hydrogens (tertiary/aromatic N) is 4. The standard InChI is InChI=1S/C17H10Cl2F3N5/c1-9-7-27(8-10(9)6-26-15(5-24)14(25)4-23)16-12(18)2-11(3-13(16)19)17(20,21)22/h2-3,6-8H,25H2,1H3/b15-14-,26-6?.